The minimum Gasteiger partial charge on any atom is -0.481 e. The molecule has 2 N–H and O–H groups in total. The number of unbranched alkanes of at least 4 members (excludes halogenated alkanes) is 1. The van der Waals surface area contributed by atoms with E-state index in [4.69, 9.17) is 15.5 Å². The maximum Gasteiger partial charge on any atom is 0.303 e. The van der Waals surface area contributed by atoms with Crippen LogP contribution < -0.4 is 0 Å². The van der Waals surface area contributed by atoms with Gasteiger partial charge in [-0.25, -0.2) is 0 Å². The Morgan fingerprint density at radius 3 is 2.64 bits per heavy atom. The monoisotopic (exact) mass is 157 g/mol. The molecule has 0 bridgehead atoms. The molecule has 0 amide bonds. The first-order valence-corrected chi connectivity index (χ1v) is 3.46. The van der Waals surface area contributed by atoms with Crippen LogP contribution in [0.3, 0.4) is 0 Å². The van der Waals surface area contributed by atoms with Crippen molar-refractivity contribution in [2.24, 2.45) is 0 Å². The molecule has 0 rings (SSSR count). The highest BCUT2D eigenvalue weighted by Gasteiger charge is 2.01. The van der Waals surface area contributed by atoms with E-state index >= 15 is 0 Å². The summed E-state index contributed by atoms with van der Waals surface area (Å²) in [7, 11) is 0. The second-order valence-electron chi connectivity index (χ2n) is 2.28. The van der Waals surface area contributed by atoms with Crippen LogP contribution in [0.15, 0.2) is 0 Å². The Bertz CT molecular complexity index is 162. The summed E-state index contributed by atoms with van der Waals surface area (Å²) in [4.78, 5) is 9.99. The summed E-state index contributed by atoms with van der Waals surface area (Å²) in [6.45, 7) is 0. The van der Waals surface area contributed by atoms with Gasteiger partial charge in [-0.05, 0) is 19.3 Å². The normalized spacial score (nSPS) is 12.0. The number of hydrogen-bond donors (Lipinski definition) is 2. The summed E-state index contributed by atoms with van der Waals surface area (Å²) in [5, 5.41) is 25.0. The zero-order valence-electron chi connectivity index (χ0n) is 6.16. The molecular weight excluding hydrogens is 146 g/mol. The van der Waals surface area contributed by atoms with Crippen LogP contribution >= 0.6 is 0 Å². The minimum atomic E-state index is -0.941. The van der Waals surface area contributed by atoms with Gasteiger partial charge in [0.2, 0.25) is 0 Å². The summed E-state index contributed by atoms with van der Waals surface area (Å²) in [5.41, 5.74) is 0. The van der Waals surface area contributed by atoms with Crippen LogP contribution in [0.2, 0.25) is 0 Å². The lowest BCUT2D eigenvalue weighted by Gasteiger charge is -1.98. The van der Waals surface area contributed by atoms with Crippen molar-refractivity contribution in [3.8, 4) is 6.07 Å². The largest absolute Gasteiger partial charge is 0.481 e. The first-order valence-electron chi connectivity index (χ1n) is 3.46. The Balaban J connectivity index is 3.16. The van der Waals surface area contributed by atoms with Gasteiger partial charge >= 0.3 is 5.97 Å². The highest BCUT2D eigenvalue weighted by Crippen LogP contribution is 2.02. The van der Waals surface area contributed by atoms with Crippen LogP contribution in [0.25, 0.3) is 0 Å². The second kappa shape index (κ2) is 5.69. The number of carboxylic acids is 1. The maximum absolute atomic E-state index is 9.99. The molecule has 0 saturated carbocycles. The summed E-state index contributed by atoms with van der Waals surface area (Å²) in [6.07, 6.45) is 0.639. The molecule has 0 aliphatic rings. The molecule has 1 unspecified atom stereocenters. The Kier molecular flexibility index (Phi) is 5.13. The average molecular weight is 157 g/mol. The van der Waals surface area contributed by atoms with Crippen LogP contribution in [0, 0.1) is 11.3 Å². The van der Waals surface area contributed by atoms with E-state index in [1.165, 1.54) is 0 Å². The molecule has 0 aromatic heterocycles. The standard InChI is InChI=1S/C7H11NO3/c8-5-6(9)3-1-2-4-7(10)11/h6,9H,1-4H2,(H,10,11). The van der Waals surface area contributed by atoms with Crippen molar-refractivity contribution in [1.82, 2.24) is 0 Å². The van der Waals surface area contributed by atoms with Crippen molar-refractivity contribution in [3.63, 3.8) is 0 Å². The molecule has 4 nitrogen and oxygen atoms in total. The molecule has 0 fully saturated rings. The molecule has 1 atom stereocenters. The molecule has 4 heteroatoms. The Labute approximate surface area is 65.1 Å². The van der Waals surface area contributed by atoms with E-state index in [2.05, 4.69) is 0 Å². The number of aliphatic hydroxyl groups is 1. The van der Waals surface area contributed by atoms with Gasteiger partial charge in [-0.2, -0.15) is 5.26 Å². The van der Waals surface area contributed by atoms with Gasteiger partial charge in [0.1, 0.15) is 6.10 Å². The van der Waals surface area contributed by atoms with Crippen molar-refractivity contribution in [2.75, 3.05) is 0 Å². The molecular formula is C7H11NO3. The smallest absolute Gasteiger partial charge is 0.303 e. The molecule has 62 valence electrons. The highest BCUT2D eigenvalue weighted by molar-refractivity contribution is 5.66. The van der Waals surface area contributed by atoms with Crippen LogP contribution in [-0.4, -0.2) is 22.3 Å². The van der Waals surface area contributed by atoms with E-state index in [9.17, 15) is 4.79 Å². The fraction of sp³-hybridized carbons (Fsp3) is 0.714. The summed E-state index contributed by atoms with van der Waals surface area (Å²) in [5.74, 6) is -0.837. The summed E-state index contributed by atoms with van der Waals surface area (Å²) < 4.78 is 0. The van der Waals surface area contributed by atoms with E-state index in [1.54, 1.807) is 6.07 Å². The molecule has 11 heavy (non-hydrogen) atoms. The first kappa shape index (κ1) is 9.92. The average Bonchev–Trinajstić information content (AvgIpc) is 1.97. The number of rotatable bonds is 5. The lowest BCUT2D eigenvalue weighted by molar-refractivity contribution is -0.137. The number of aliphatic hydroxyl groups excluding tert-OH is 1. The van der Waals surface area contributed by atoms with Crippen LogP contribution in [-0.2, 0) is 4.79 Å². The zero-order valence-corrected chi connectivity index (χ0v) is 6.16. The molecule has 0 aliphatic carbocycles. The SMILES string of the molecule is N#CC(O)CCCCC(=O)O. The van der Waals surface area contributed by atoms with E-state index in [-0.39, 0.29) is 6.42 Å². The molecule has 0 spiro atoms. The van der Waals surface area contributed by atoms with Crippen molar-refractivity contribution in [3.05, 3.63) is 0 Å². The molecule has 0 aliphatic heterocycles. The highest BCUT2D eigenvalue weighted by atomic mass is 16.4. The molecule has 0 aromatic rings. The van der Waals surface area contributed by atoms with E-state index in [0.29, 0.717) is 19.3 Å². The van der Waals surface area contributed by atoms with Crippen molar-refractivity contribution in [2.45, 2.75) is 31.8 Å². The van der Waals surface area contributed by atoms with E-state index < -0.39 is 12.1 Å². The van der Waals surface area contributed by atoms with Gasteiger partial charge in [-0.1, -0.05) is 0 Å². The third kappa shape index (κ3) is 6.81. The van der Waals surface area contributed by atoms with Gasteiger partial charge in [0.05, 0.1) is 6.07 Å². The quantitative estimate of drug-likeness (QED) is 0.450. The predicted molar refractivity (Wildman–Crippen MR) is 37.7 cm³/mol. The lowest BCUT2D eigenvalue weighted by atomic mass is 10.1. The van der Waals surface area contributed by atoms with Crippen LogP contribution in [0.4, 0.5) is 0 Å². The second-order valence-corrected chi connectivity index (χ2v) is 2.28. The lowest BCUT2D eigenvalue weighted by Crippen LogP contribution is -2.02. The Morgan fingerprint density at radius 2 is 2.18 bits per heavy atom. The molecule has 0 aromatic carbocycles. The summed E-state index contributed by atoms with van der Waals surface area (Å²) in [6, 6.07) is 1.66. The third-order valence-electron chi connectivity index (χ3n) is 1.27. The molecule has 0 radical (unpaired) electrons. The number of aliphatic carboxylic acids is 1. The zero-order chi connectivity index (χ0) is 8.69. The minimum absolute atomic E-state index is 0.109. The van der Waals surface area contributed by atoms with Gasteiger partial charge in [0.25, 0.3) is 0 Å². The number of hydrogen-bond acceptors (Lipinski definition) is 3. The maximum atomic E-state index is 9.99. The third-order valence-corrected chi connectivity index (χ3v) is 1.27. The van der Waals surface area contributed by atoms with Gasteiger partial charge in [-0.3, -0.25) is 4.79 Å². The van der Waals surface area contributed by atoms with Gasteiger partial charge < -0.3 is 10.2 Å². The molecule has 0 saturated heterocycles. The fourth-order valence-electron chi connectivity index (χ4n) is 0.678. The number of nitriles is 1. The van der Waals surface area contributed by atoms with Crippen molar-refractivity contribution in [1.29, 1.82) is 5.26 Å². The predicted octanol–water partition coefficient (Wildman–Crippen LogP) is 0.516. The molecule has 0 heterocycles. The van der Waals surface area contributed by atoms with Crippen molar-refractivity contribution < 1.29 is 15.0 Å². The van der Waals surface area contributed by atoms with Crippen LogP contribution in [0.5, 0.6) is 0 Å². The summed E-state index contributed by atoms with van der Waals surface area (Å²) >= 11 is 0. The Hall–Kier alpha value is -1.08. The van der Waals surface area contributed by atoms with Gasteiger partial charge in [-0.15, -0.1) is 0 Å². The van der Waals surface area contributed by atoms with Gasteiger partial charge in [0, 0.05) is 6.42 Å². The van der Waals surface area contributed by atoms with E-state index in [0.717, 1.165) is 0 Å². The topological polar surface area (TPSA) is 81.3 Å². The number of carbonyl (C=O) groups is 1. The van der Waals surface area contributed by atoms with Gasteiger partial charge in [0.15, 0.2) is 0 Å². The van der Waals surface area contributed by atoms with Crippen LogP contribution in [0.1, 0.15) is 25.7 Å². The first-order chi connectivity index (χ1) is 5.16. The fourth-order valence-corrected chi connectivity index (χ4v) is 0.678. The van der Waals surface area contributed by atoms with Crippen molar-refractivity contribution >= 4 is 5.97 Å². The number of carboxylic acid groups (broad SMARTS) is 1. The Morgan fingerprint density at radius 1 is 1.55 bits per heavy atom. The van der Waals surface area contributed by atoms with E-state index in [1.807, 2.05) is 0 Å². The number of nitrogens with zero attached hydrogens (tertiary/aromatic N) is 1.